The van der Waals surface area contributed by atoms with Crippen molar-refractivity contribution < 1.29 is 31.8 Å². The molecule has 2 rings (SSSR count). The van der Waals surface area contributed by atoms with Gasteiger partial charge >= 0.3 is 12.3 Å². The zero-order valence-corrected chi connectivity index (χ0v) is 14.8. The number of halogens is 4. The van der Waals surface area contributed by atoms with Crippen molar-refractivity contribution in [3.8, 4) is 5.75 Å². The Kier molecular flexibility index (Phi) is 6.65. The van der Waals surface area contributed by atoms with E-state index in [2.05, 4.69) is 10.1 Å². The lowest BCUT2D eigenvalue weighted by molar-refractivity contribution is -0.138. The van der Waals surface area contributed by atoms with Gasteiger partial charge in [-0.1, -0.05) is 25.1 Å². The Hall–Kier alpha value is -2.77. The maximum Gasteiger partial charge on any atom is 0.416 e. The lowest BCUT2D eigenvalue weighted by atomic mass is 10.0. The van der Waals surface area contributed by atoms with E-state index in [0.29, 0.717) is 5.75 Å². The third-order valence-electron chi connectivity index (χ3n) is 3.92. The van der Waals surface area contributed by atoms with Crippen LogP contribution in [0.4, 0.5) is 28.0 Å². The molecule has 0 aliphatic rings. The maximum atomic E-state index is 13.4. The fourth-order valence-electron chi connectivity index (χ4n) is 2.56. The molecule has 0 aromatic heterocycles. The van der Waals surface area contributed by atoms with Crippen molar-refractivity contribution in [3.05, 3.63) is 58.7 Å². The molecule has 0 fully saturated rings. The molecule has 0 atom stereocenters. The molecule has 1 N–H and O–H groups in total. The summed E-state index contributed by atoms with van der Waals surface area (Å²) in [4.78, 5) is 11.4. The molecule has 2 aromatic rings. The van der Waals surface area contributed by atoms with Crippen LogP contribution in [0.3, 0.4) is 0 Å². The monoisotopic (exact) mass is 385 g/mol. The minimum Gasteiger partial charge on any atom is -0.489 e. The summed E-state index contributed by atoms with van der Waals surface area (Å²) in [6, 6.07) is 8.70. The van der Waals surface area contributed by atoms with Crippen molar-refractivity contribution in [2.45, 2.75) is 33.1 Å². The third-order valence-corrected chi connectivity index (χ3v) is 3.92. The molecular weight excluding hydrogens is 366 g/mol. The zero-order chi connectivity index (χ0) is 20.0. The Labute approximate surface area is 154 Å². The van der Waals surface area contributed by atoms with Crippen molar-refractivity contribution in [3.63, 3.8) is 0 Å². The Morgan fingerprint density at radius 1 is 1.19 bits per heavy atom. The molecule has 0 aliphatic carbocycles. The molecular formula is C19H19F4NO3. The van der Waals surface area contributed by atoms with Gasteiger partial charge in [0, 0.05) is 5.56 Å². The second kappa shape index (κ2) is 8.75. The van der Waals surface area contributed by atoms with Crippen molar-refractivity contribution >= 4 is 11.8 Å². The van der Waals surface area contributed by atoms with E-state index in [4.69, 9.17) is 4.74 Å². The minimum absolute atomic E-state index is 0.161. The van der Waals surface area contributed by atoms with Crippen LogP contribution < -0.4 is 10.1 Å². The molecule has 8 heteroatoms. The molecule has 27 heavy (non-hydrogen) atoms. The van der Waals surface area contributed by atoms with Gasteiger partial charge in [0.1, 0.15) is 12.4 Å². The van der Waals surface area contributed by atoms with E-state index in [1.807, 2.05) is 19.1 Å². The number of hydrogen-bond donors (Lipinski definition) is 1. The van der Waals surface area contributed by atoms with Crippen LogP contribution in [0.1, 0.15) is 29.2 Å². The van der Waals surface area contributed by atoms with Crippen LogP contribution >= 0.6 is 0 Å². The van der Waals surface area contributed by atoms with Gasteiger partial charge in [-0.2, -0.15) is 13.2 Å². The molecule has 2 aromatic carbocycles. The molecule has 146 valence electrons. The fourth-order valence-corrected chi connectivity index (χ4v) is 2.56. The largest absolute Gasteiger partial charge is 0.489 e. The first-order chi connectivity index (χ1) is 12.8. The molecule has 0 saturated carbocycles. The number of hydrogen-bond acceptors (Lipinski definition) is 3. The Bertz CT molecular complexity index is 806. The van der Waals surface area contributed by atoms with Gasteiger partial charge in [0.05, 0.1) is 11.3 Å². The number of aryl methyl sites for hydroxylation is 2. The van der Waals surface area contributed by atoms with Crippen LogP contribution in [0.25, 0.3) is 0 Å². The molecule has 0 spiro atoms. The minimum atomic E-state index is -4.65. The van der Waals surface area contributed by atoms with Gasteiger partial charge in [-0.15, -0.1) is 0 Å². The first-order valence-electron chi connectivity index (χ1n) is 8.17. The first-order valence-corrected chi connectivity index (χ1v) is 8.17. The smallest absolute Gasteiger partial charge is 0.416 e. The summed E-state index contributed by atoms with van der Waals surface area (Å²) < 4.78 is 61.8. The van der Waals surface area contributed by atoms with Crippen LogP contribution in [0.5, 0.6) is 5.75 Å². The van der Waals surface area contributed by atoms with Gasteiger partial charge in [0.15, 0.2) is 0 Å². The lowest BCUT2D eigenvalue weighted by Crippen LogP contribution is -2.18. The highest BCUT2D eigenvalue weighted by atomic mass is 19.4. The van der Waals surface area contributed by atoms with Crippen molar-refractivity contribution in [2.75, 3.05) is 12.2 Å². The van der Waals surface area contributed by atoms with Crippen LogP contribution in [0, 0.1) is 6.92 Å². The SMILES string of the molecule is CCc1ccc(OCc2c(NC(=O)OCF)cccc2C(F)(F)F)c(C)c1. The normalized spacial score (nSPS) is 11.2. The summed E-state index contributed by atoms with van der Waals surface area (Å²) >= 11 is 0. The number of alkyl halides is 4. The van der Waals surface area contributed by atoms with E-state index >= 15 is 0 Å². The Morgan fingerprint density at radius 3 is 2.52 bits per heavy atom. The zero-order valence-electron chi connectivity index (χ0n) is 14.8. The number of rotatable bonds is 6. The predicted molar refractivity (Wildman–Crippen MR) is 92.4 cm³/mol. The number of ether oxygens (including phenoxy) is 2. The van der Waals surface area contributed by atoms with Crippen LogP contribution in [0.15, 0.2) is 36.4 Å². The van der Waals surface area contributed by atoms with Gasteiger partial charge in [-0.3, -0.25) is 5.32 Å². The number of carbonyl (C=O) groups excluding carboxylic acids is 1. The number of anilines is 1. The van der Waals surface area contributed by atoms with E-state index in [9.17, 15) is 22.4 Å². The van der Waals surface area contributed by atoms with Crippen molar-refractivity contribution in [2.24, 2.45) is 0 Å². The number of benzene rings is 2. The van der Waals surface area contributed by atoms with Gasteiger partial charge in [0.25, 0.3) is 0 Å². The fraction of sp³-hybridized carbons (Fsp3) is 0.316. The molecule has 0 aliphatic heterocycles. The van der Waals surface area contributed by atoms with Crippen LogP contribution in [-0.2, 0) is 23.9 Å². The number of amides is 1. The van der Waals surface area contributed by atoms with Gasteiger partial charge in [-0.05, 0) is 42.7 Å². The summed E-state index contributed by atoms with van der Waals surface area (Å²) in [6.07, 6.45) is -5.02. The molecule has 0 unspecified atom stereocenters. The van der Waals surface area contributed by atoms with Gasteiger partial charge < -0.3 is 9.47 Å². The molecule has 1 amide bonds. The molecule has 0 saturated heterocycles. The highest BCUT2D eigenvalue weighted by molar-refractivity contribution is 5.86. The standard InChI is InChI=1S/C19H19F4NO3/c1-3-13-7-8-17(12(2)9-13)26-10-14-15(19(21,22)23)5-4-6-16(14)24-18(25)27-11-20/h4-9H,3,10-11H2,1-2H3,(H,24,25). The number of carbonyl (C=O) groups is 1. The average Bonchev–Trinajstić information content (AvgIpc) is 2.60. The van der Waals surface area contributed by atoms with Crippen LogP contribution in [-0.4, -0.2) is 13.0 Å². The Balaban J connectivity index is 2.33. The second-order valence-corrected chi connectivity index (χ2v) is 5.74. The quantitative estimate of drug-likeness (QED) is 0.656. The molecule has 0 radical (unpaired) electrons. The summed E-state index contributed by atoms with van der Waals surface area (Å²) in [7, 11) is 0. The summed E-state index contributed by atoms with van der Waals surface area (Å²) in [5.74, 6) is 0.432. The van der Waals surface area contributed by atoms with Crippen LogP contribution in [0.2, 0.25) is 0 Å². The van der Waals surface area contributed by atoms with E-state index in [-0.39, 0.29) is 11.3 Å². The van der Waals surface area contributed by atoms with E-state index in [1.54, 1.807) is 13.0 Å². The topological polar surface area (TPSA) is 47.6 Å². The molecule has 4 nitrogen and oxygen atoms in total. The van der Waals surface area contributed by atoms with Crippen molar-refractivity contribution in [1.29, 1.82) is 0 Å². The second-order valence-electron chi connectivity index (χ2n) is 5.74. The summed E-state index contributed by atoms with van der Waals surface area (Å²) in [6.45, 7) is 1.96. The first kappa shape index (κ1) is 20.5. The van der Waals surface area contributed by atoms with E-state index in [1.165, 1.54) is 6.07 Å². The highest BCUT2D eigenvalue weighted by Crippen LogP contribution is 2.36. The average molecular weight is 385 g/mol. The van der Waals surface area contributed by atoms with Crippen molar-refractivity contribution in [1.82, 2.24) is 0 Å². The highest BCUT2D eigenvalue weighted by Gasteiger charge is 2.34. The van der Waals surface area contributed by atoms with E-state index < -0.39 is 31.3 Å². The Morgan fingerprint density at radius 2 is 1.93 bits per heavy atom. The van der Waals surface area contributed by atoms with E-state index in [0.717, 1.165) is 29.7 Å². The third kappa shape index (κ3) is 5.35. The van der Waals surface area contributed by atoms with Gasteiger partial charge in [0.2, 0.25) is 6.86 Å². The molecule has 0 heterocycles. The number of nitrogens with one attached hydrogen (secondary N) is 1. The summed E-state index contributed by atoms with van der Waals surface area (Å²) in [5.41, 5.74) is 0.464. The predicted octanol–water partition coefficient (Wildman–Crippen LogP) is 5.63. The molecule has 0 bridgehead atoms. The maximum absolute atomic E-state index is 13.4. The van der Waals surface area contributed by atoms with Gasteiger partial charge in [-0.25, -0.2) is 9.18 Å². The summed E-state index contributed by atoms with van der Waals surface area (Å²) in [5, 5.41) is 2.11. The lowest BCUT2D eigenvalue weighted by Gasteiger charge is -2.18.